The Hall–Kier alpha value is 0.670. The van der Waals surface area contributed by atoms with E-state index in [1.54, 1.807) is 0 Å². The summed E-state index contributed by atoms with van der Waals surface area (Å²) >= 11 is 0. The molecule has 1 aliphatic heterocycles. The Morgan fingerprint density at radius 1 is 1.57 bits per heavy atom. The van der Waals surface area contributed by atoms with E-state index in [0.717, 1.165) is 6.20 Å². The van der Waals surface area contributed by atoms with Crippen LogP contribution in [0.3, 0.4) is 0 Å². The Labute approximate surface area is 174 Å². The molecule has 0 saturated carbocycles. The van der Waals surface area contributed by atoms with Crippen LogP contribution < -0.4 is 80.3 Å². The summed E-state index contributed by atoms with van der Waals surface area (Å²) in [6.45, 7) is -0.436. The Morgan fingerprint density at radius 3 is 2.70 bits per heavy atom. The summed E-state index contributed by atoms with van der Waals surface area (Å²) in [4.78, 5) is 36.0. The fourth-order valence-corrected chi connectivity index (χ4v) is 2.20. The number of hydrogen-bond donors (Lipinski definition) is 3. The largest absolute Gasteiger partial charge is 1.00 e. The van der Waals surface area contributed by atoms with E-state index in [9.17, 15) is 29.4 Å². The summed E-state index contributed by atoms with van der Waals surface area (Å²) in [6, 6.07) is 1.19. The van der Waals surface area contributed by atoms with Crippen LogP contribution in [0.2, 0.25) is 0 Å². The van der Waals surface area contributed by atoms with E-state index in [-0.39, 0.29) is 64.9 Å². The minimum atomic E-state index is -4.94. The number of nitrogens with zero attached hydrogens (tertiary/aromatic N) is 2. The third-order valence-electron chi connectivity index (χ3n) is 2.81. The van der Waals surface area contributed by atoms with Crippen molar-refractivity contribution < 1.29 is 93.2 Å². The van der Waals surface area contributed by atoms with Gasteiger partial charge in [-0.25, -0.2) is 9.36 Å². The second-order valence-corrected chi connectivity index (χ2v) is 5.84. The van der Waals surface area contributed by atoms with E-state index >= 15 is 0 Å². The van der Waals surface area contributed by atoms with Crippen molar-refractivity contribution in [1.29, 1.82) is 0 Å². The quantitative estimate of drug-likeness (QED) is 0.341. The number of ether oxygens (including phenoxy) is 2. The monoisotopic (exact) mass is 367 g/mol. The minimum Gasteiger partial charge on any atom is -0.809 e. The smallest absolute Gasteiger partial charge is 0.809 e. The molecule has 14 heteroatoms. The summed E-state index contributed by atoms with van der Waals surface area (Å²) in [5.74, 6) is -2.60. The van der Waals surface area contributed by atoms with Gasteiger partial charge in [-0.1, -0.05) is 0 Å². The molecule has 1 fully saturated rings. The van der Waals surface area contributed by atoms with Gasteiger partial charge in [0.05, 0.1) is 13.0 Å². The van der Waals surface area contributed by atoms with Crippen LogP contribution in [0.15, 0.2) is 17.1 Å². The molecule has 2 rings (SSSR count). The molecule has 0 aromatic carbocycles. The Bertz CT molecular complexity index is 639. The van der Waals surface area contributed by atoms with Gasteiger partial charge in [0.15, 0.2) is 6.10 Å². The van der Waals surface area contributed by atoms with Gasteiger partial charge in [0.25, 0.3) is 5.91 Å². The normalized spacial score (nSPS) is 27.1. The van der Waals surface area contributed by atoms with Gasteiger partial charge in [-0.15, -0.1) is 0 Å². The molecule has 11 nitrogen and oxygen atoms in total. The number of hydrogen-bond acceptors (Lipinski definition) is 10. The SMILES string of the molecule is Nc1ccn(C2(O)OC[C@H](OCP(=O)([O-])[O-])[C@H]2O)c(=O)n1.[Na+].[Na+]. The van der Waals surface area contributed by atoms with Crippen LogP contribution in [-0.4, -0.2) is 44.9 Å². The average molecular weight is 367 g/mol. The molecule has 0 aliphatic carbocycles. The van der Waals surface area contributed by atoms with Crippen LogP contribution in [-0.2, 0) is 19.9 Å². The van der Waals surface area contributed by atoms with E-state index in [1.165, 1.54) is 6.07 Å². The van der Waals surface area contributed by atoms with Crippen LogP contribution in [0, 0.1) is 0 Å². The minimum absolute atomic E-state index is 0. The van der Waals surface area contributed by atoms with Gasteiger partial charge in [0.1, 0.15) is 11.9 Å². The first-order valence-electron chi connectivity index (χ1n) is 5.66. The first-order valence-corrected chi connectivity index (χ1v) is 7.39. The Morgan fingerprint density at radius 2 is 2.17 bits per heavy atom. The summed E-state index contributed by atoms with van der Waals surface area (Å²) in [5.41, 5.74) is 4.30. The molecule has 3 atom stereocenters. The van der Waals surface area contributed by atoms with Gasteiger partial charge < -0.3 is 39.8 Å². The molecular weight excluding hydrogens is 355 g/mol. The third-order valence-corrected chi connectivity index (χ3v) is 3.28. The molecule has 1 saturated heterocycles. The summed E-state index contributed by atoms with van der Waals surface area (Å²) in [6.07, 6.45) is -3.26. The number of aliphatic hydroxyl groups excluding tert-OH is 1. The Kier molecular flexibility index (Phi) is 9.11. The second-order valence-electron chi connectivity index (χ2n) is 4.36. The van der Waals surface area contributed by atoms with E-state index in [2.05, 4.69) is 9.72 Å². The molecule has 1 unspecified atom stereocenters. The van der Waals surface area contributed by atoms with E-state index in [4.69, 9.17) is 10.5 Å². The molecule has 1 aromatic rings. The predicted molar refractivity (Wildman–Crippen MR) is 62.4 cm³/mol. The molecule has 2 heterocycles. The Balaban J connectivity index is 0.00000242. The van der Waals surface area contributed by atoms with Gasteiger partial charge in [-0.2, -0.15) is 4.98 Å². The number of rotatable bonds is 4. The van der Waals surface area contributed by atoms with Gasteiger partial charge in [-0.05, 0) is 13.7 Å². The molecule has 118 valence electrons. The molecule has 0 amide bonds. The van der Waals surface area contributed by atoms with Crippen molar-refractivity contribution in [2.75, 3.05) is 18.7 Å². The van der Waals surface area contributed by atoms with E-state index < -0.39 is 44.4 Å². The van der Waals surface area contributed by atoms with Gasteiger partial charge in [-0.3, -0.25) is 0 Å². The number of nitrogens with two attached hydrogens (primary N) is 1. The van der Waals surface area contributed by atoms with Crippen molar-refractivity contribution in [3.8, 4) is 0 Å². The van der Waals surface area contributed by atoms with Crippen LogP contribution in [0.5, 0.6) is 0 Å². The van der Waals surface area contributed by atoms with E-state index in [0.29, 0.717) is 4.57 Å². The van der Waals surface area contributed by atoms with Crippen LogP contribution in [0.1, 0.15) is 0 Å². The number of nitrogen functional groups attached to an aromatic ring is 1. The zero-order valence-corrected chi connectivity index (χ0v) is 17.4. The number of aromatic nitrogens is 2. The molecule has 1 aromatic heterocycles. The molecule has 23 heavy (non-hydrogen) atoms. The van der Waals surface area contributed by atoms with Crippen molar-refractivity contribution in [3.63, 3.8) is 0 Å². The predicted octanol–water partition coefficient (Wildman–Crippen LogP) is -9.92. The maximum atomic E-state index is 11.6. The maximum Gasteiger partial charge on any atom is 1.00 e. The van der Waals surface area contributed by atoms with Gasteiger partial charge >= 0.3 is 64.8 Å². The fraction of sp³-hybridized carbons (Fsp3) is 0.556. The summed E-state index contributed by atoms with van der Waals surface area (Å²) in [5, 5.41) is 20.1. The van der Waals surface area contributed by atoms with Crippen LogP contribution >= 0.6 is 7.60 Å². The van der Waals surface area contributed by atoms with Crippen molar-refractivity contribution >= 4 is 13.4 Å². The van der Waals surface area contributed by atoms with Gasteiger partial charge in [0.2, 0.25) is 0 Å². The number of aliphatic hydroxyl groups is 2. The van der Waals surface area contributed by atoms with Crippen molar-refractivity contribution in [2.24, 2.45) is 0 Å². The van der Waals surface area contributed by atoms with Crippen LogP contribution in [0.4, 0.5) is 5.82 Å². The number of anilines is 1. The van der Waals surface area contributed by atoms with Crippen molar-refractivity contribution in [1.82, 2.24) is 9.55 Å². The maximum absolute atomic E-state index is 11.6. The summed E-state index contributed by atoms with van der Waals surface area (Å²) in [7, 11) is -4.94. The van der Waals surface area contributed by atoms with Gasteiger partial charge in [0, 0.05) is 6.20 Å². The molecule has 1 aliphatic rings. The zero-order chi connectivity index (χ0) is 15.8. The summed E-state index contributed by atoms with van der Waals surface area (Å²) < 4.78 is 20.7. The third kappa shape index (κ3) is 5.58. The topological polar surface area (TPSA) is 183 Å². The second kappa shape index (κ2) is 8.86. The molecule has 0 radical (unpaired) electrons. The average Bonchev–Trinajstić information content (AvgIpc) is 2.63. The van der Waals surface area contributed by atoms with Crippen LogP contribution in [0.25, 0.3) is 0 Å². The fourth-order valence-electron chi connectivity index (χ4n) is 1.82. The zero-order valence-electron chi connectivity index (χ0n) is 12.5. The first-order chi connectivity index (χ1) is 9.63. The molecule has 4 N–H and O–H groups in total. The van der Waals surface area contributed by atoms with Crippen molar-refractivity contribution in [3.05, 3.63) is 22.7 Å². The molecule has 0 spiro atoms. The molecule has 0 bridgehead atoms. The standard InChI is InChI=1S/C9H14N3O8P.2Na/c10-6-1-2-12(8(14)11-6)9(15)7(13)5(3-20-9)19-4-21(16,17)18;;/h1-2,5,7,13,15H,3-4H2,(H2,10,11,14)(H2,16,17,18);;/q;2*+1/p-2/t5-,7+,9?;;/m0../s1. The first kappa shape index (κ1) is 23.7. The molecular formula is C9H12N3Na2O8P. The van der Waals surface area contributed by atoms with E-state index in [1.807, 2.05) is 0 Å². The van der Waals surface area contributed by atoms with Crippen molar-refractivity contribution in [2.45, 2.75) is 18.1 Å².